The molecule has 2 aromatic rings. The molecule has 15 nitrogen and oxygen atoms in total. The second kappa shape index (κ2) is 18.7. The van der Waals surface area contributed by atoms with Crippen molar-refractivity contribution in [1.82, 2.24) is 9.80 Å². The number of hydrogen-bond donors (Lipinski definition) is 4. The van der Waals surface area contributed by atoms with Gasteiger partial charge in [0.15, 0.2) is 5.78 Å². The molecule has 2 aromatic carbocycles. The Bertz CT molecular complexity index is 1820. The van der Waals surface area contributed by atoms with Gasteiger partial charge >= 0.3 is 77.0 Å². The Morgan fingerprint density at radius 3 is 1.86 bits per heavy atom. The molecule has 0 amide bonds. The molecule has 0 bridgehead atoms. The molecule has 18 heteroatoms. The van der Waals surface area contributed by atoms with Crippen LogP contribution in [0.3, 0.4) is 0 Å². The molecule has 0 saturated heterocycles. The summed E-state index contributed by atoms with van der Waals surface area (Å²) in [7, 11) is -5.11. The van der Waals surface area contributed by atoms with Crippen molar-refractivity contribution in [3.05, 3.63) is 87.5 Å². The van der Waals surface area contributed by atoms with Gasteiger partial charge in [-0.05, 0) is 72.0 Å². The molecule has 0 atom stereocenters. The fourth-order valence-electron chi connectivity index (χ4n) is 5.17. The largest absolute Gasteiger partial charge is 1.00 e. The van der Waals surface area contributed by atoms with Crippen LogP contribution in [0.1, 0.15) is 29.2 Å². The third kappa shape index (κ3) is 12.3. The second-order valence-electron chi connectivity index (χ2n) is 10.8. The van der Waals surface area contributed by atoms with Crippen LogP contribution in [0, 0.1) is 6.92 Å². The van der Waals surface area contributed by atoms with Gasteiger partial charge < -0.3 is 34.9 Å². The number of nitrogens with zero attached hydrogens (tertiary/aromatic N) is 2. The summed E-state index contributed by atoms with van der Waals surface area (Å²) in [6.07, 6.45) is 2.69. The predicted molar refractivity (Wildman–Crippen MR) is 160 cm³/mol. The van der Waals surface area contributed by atoms with E-state index in [-0.39, 0.29) is 116 Å². The average Bonchev–Trinajstić information content (AvgIpc) is 2.92. The van der Waals surface area contributed by atoms with E-state index in [0.717, 1.165) is 15.9 Å². The number of aromatic hydroxyl groups is 1. The van der Waals surface area contributed by atoms with Crippen LogP contribution in [-0.2, 0) is 40.6 Å². The number of carbonyl (C=O) groups excluding carboxylic acids is 2. The van der Waals surface area contributed by atoms with Crippen LogP contribution in [0.15, 0.2) is 70.2 Å². The van der Waals surface area contributed by atoms with E-state index in [1.165, 1.54) is 56.3 Å². The maximum absolute atomic E-state index is 13.2. The molecule has 0 fully saturated rings. The first-order valence-electron chi connectivity index (χ1n) is 13.7. The first-order chi connectivity index (χ1) is 21.9. The van der Waals surface area contributed by atoms with Crippen molar-refractivity contribution in [2.75, 3.05) is 32.7 Å². The van der Waals surface area contributed by atoms with Crippen molar-refractivity contribution in [1.29, 1.82) is 0 Å². The number of phenols is 1. The number of hydrogen-bond acceptors (Lipinski definition) is 12. The Balaban J connectivity index is 0.00000600. The minimum Gasteiger partial charge on any atom is -0.744 e. The van der Waals surface area contributed by atoms with Gasteiger partial charge in [-0.15, -0.1) is 0 Å². The van der Waals surface area contributed by atoms with E-state index in [2.05, 4.69) is 0 Å². The summed E-state index contributed by atoms with van der Waals surface area (Å²) in [6.45, 7) is -0.902. The minimum absolute atomic E-state index is 0. The van der Waals surface area contributed by atoms with Crippen LogP contribution in [0.25, 0.3) is 5.57 Å². The van der Waals surface area contributed by atoms with E-state index in [4.69, 9.17) is 0 Å². The zero-order valence-electron chi connectivity index (χ0n) is 27.1. The summed E-state index contributed by atoms with van der Waals surface area (Å²) in [4.78, 5) is 60.0. The Morgan fingerprint density at radius 2 is 1.35 bits per heavy atom. The maximum Gasteiger partial charge on any atom is 1.00 e. The number of carboxylic acid groups (broad SMARTS) is 4. The summed E-state index contributed by atoms with van der Waals surface area (Å²) < 4.78 is 37.2. The van der Waals surface area contributed by atoms with Crippen molar-refractivity contribution in [3.8, 4) is 5.75 Å². The molecule has 4 N–H and O–H groups in total. The molecular weight excluding hydrogens is 686 g/mol. The van der Waals surface area contributed by atoms with Gasteiger partial charge in [0.05, 0.1) is 30.5 Å². The van der Waals surface area contributed by atoms with Crippen LogP contribution >= 0.6 is 0 Å². The van der Waals surface area contributed by atoms with Crippen LogP contribution in [0.5, 0.6) is 5.75 Å². The van der Waals surface area contributed by atoms with Gasteiger partial charge in [-0.25, -0.2) is 8.42 Å². The SMILES string of the molecule is CC1=CC(=C(c2cc(C)c(O)c(CN(CC(=O)O)CC(=O)O)c2)c2ccccc2S(=O)(=O)[O-])C=C(CN(CC(=O)[O-])CC(=O)O)C1=O.[Na+].[Na+]. The van der Waals surface area contributed by atoms with Crippen LogP contribution < -0.4 is 64.2 Å². The molecule has 0 aromatic heterocycles. The van der Waals surface area contributed by atoms with Gasteiger partial charge in [-0.2, -0.15) is 0 Å². The molecule has 0 saturated carbocycles. The van der Waals surface area contributed by atoms with E-state index in [1.807, 2.05) is 0 Å². The van der Waals surface area contributed by atoms with E-state index in [1.54, 1.807) is 0 Å². The van der Waals surface area contributed by atoms with Crippen molar-refractivity contribution >= 4 is 45.4 Å². The third-order valence-corrected chi connectivity index (χ3v) is 7.85. The monoisotopic (exact) mass is 716 g/mol. The van der Waals surface area contributed by atoms with Gasteiger partial charge in [0.2, 0.25) is 0 Å². The molecule has 49 heavy (non-hydrogen) atoms. The number of Topliss-reactive ketones (excluding diaryl/α,β-unsaturated/α-hetero) is 1. The van der Waals surface area contributed by atoms with E-state index in [9.17, 15) is 62.5 Å². The fourth-order valence-corrected chi connectivity index (χ4v) is 5.85. The standard InChI is InChI=1S/C31H32N2O13S.2Na/c1-17-7-19(9-21(30(17)42)11-32(13-25(34)35)14-26(36)37)29(23-5-3-4-6-24(23)47(44,45)46)20-8-18(2)31(43)22(10-20)12-33(15-27(38)39)16-28(40)41;;/h3-10,42H,11-16H2,1-2H3,(H,34,35)(H,36,37)(H,38,39)(H,40,41)(H,44,45,46);;/q;2*+1/p-2. The molecule has 0 spiro atoms. The number of carboxylic acids is 4. The molecule has 250 valence electrons. The molecular formula is C31H30N2Na2O13S. The van der Waals surface area contributed by atoms with Gasteiger partial charge in [0.25, 0.3) is 0 Å². The van der Waals surface area contributed by atoms with E-state index >= 15 is 0 Å². The van der Waals surface area contributed by atoms with Crippen molar-refractivity contribution in [2.24, 2.45) is 0 Å². The van der Waals surface area contributed by atoms with Crippen LogP contribution in [0.2, 0.25) is 0 Å². The minimum atomic E-state index is -5.11. The van der Waals surface area contributed by atoms with Crippen molar-refractivity contribution in [3.63, 3.8) is 0 Å². The molecule has 0 aliphatic heterocycles. The molecule has 1 aliphatic carbocycles. The fraction of sp³-hybridized carbons (Fsp3) is 0.258. The molecule has 3 rings (SSSR count). The van der Waals surface area contributed by atoms with Gasteiger partial charge in [-0.1, -0.05) is 18.2 Å². The first kappa shape index (κ1) is 43.9. The summed E-state index contributed by atoms with van der Waals surface area (Å²) in [6, 6.07) is 7.96. The number of carbonyl (C=O) groups is 5. The number of rotatable bonds is 15. The number of benzene rings is 2. The van der Waals surface area contributed by atoms with E-state index < -0.39 is 77.4 Å². The molecule has 1 aliphatic rings. The van der Waals surface area contributed by atoms with Gasteiger partial charge in [0.1, 0.15) is 15.9 Å². The Morgan fingerprint density at radius 1 is 0.816 bits per heavy atom. The number of aliphatic carboxylic acids is 4. The topological polar surface area (TPSA) is 253 Å². The maximum atomic E-state index is 13.2. The van der Waals surface area contributed by atoms with E-state index in [0.29, 0.717) is 0 Å². The zero-order chi connectivity index (χ0) is 35.2. The Hall–Kier alpha value is -3.16. The van der Waals surface area contributed by atoms with Crippen LogP contribution in [0.4, 0.5) is 0 Å². The van der Waals surface area contributed by atoms with Gasteiger partial charge in [-0.3, -0.25) is 29.0 Å². The van der Waals surface area contributed by atoms with Crippen molar-refractivity contribution < 1.29 is 122 Å². The summed E-state index contributed by atoms with van der Waals surface area (Å²) >= 11 is 0. The molecule has 0 heterocycles. The summed E-state index contributed by atoms with van der Waals surface area (Å²) in [5, 5.41) is 50.0. The average molecular weight is 717 g/mol. The third-order valence-electron chi connectivity index (χ3n) is 6.95. The number of allylic oxidation sites excluding steroid dienone is 4. The second-order valence-corrected chi connectivity index (χ2v) is 12.1. The first-order valence-corrected chi connectivity index (χ1v) is 15.1. The van der Waals surface area contributed by atoms with Crippen LogP contribution in [-0.4, -0.2) is 106 Å². The Kier molecular flexibility index (Phi) is 16.8. The number of aryl methyl sites for hydroxylation is 1. The quantitative estimate of drug-likeness (QED) is 0.0989. The predicted octanol–water partition coefficient (Wildman–Crippen LogP) is -6.02. The zero-order valence-corrected chi connectivity index (χ0v) is 31.9. The Labute approximate surface area is 325 Å². The smallest absolute Gasteiger partial charge is 0.744 e. The van der Waals surface area contributed by atoms with Gasteiger partial charge in [0, 0.05) is 36.3 Å². The summed E-state index contributed by atoms with van der Waals surface area (Å²) in [5.74, 6) is -6.52. The number of ketones is 1. The van der Waals surface area contributed by atoms with Crippen molar-refractivity contribution in [2.45, 2.75) is 25.3 Å². The molecule has 0 radical (unpaired) electrons. The normalized spacial score (nSPS) is 13.9. The summed E-state index contributed by atoms with van der Waals surface area (Å²) in [5.41, 5.74) is 0.579. The number of phenolic OH excluding ortho intramolecular Hbond substituents is 1. The molecule has 0 unspecified atom stereocenters.